The number of hydrogen-bond donors (Lipinski definition) is 2. The Bertz CT molecular complexity index is 926. The van der Waals surface area contributed by atoms with Crippen molar-refractivity contribution in [2.75, 3.05) is 31.3 Å². The van der Waals surface area contributed by atoms with Crippen molar-refractivity contribution < 1.29 is 23.9 Å². The van der Waals surface area contributed by atoms with Crippen LogP contribution in [0.25, 0.3) is 0 Å². The number of ether oxygens (including phenoxy) is 2. The molecule has 0 aliphatic heterocycles. The van der Waals surface area contributed by atoms with Crippen LogP contribution < -0.4 is 15.4 Å². The number of benzene rings is 2. The molecule has 2 rings (SSSR count). The fraction of sp³-hybridized carbons (Fsp3) is 0.200. The Morgan fingerprint density at radius 2 is 1.93 bits per heavy atom. The van der Waals surface area contributed by atoms with Gasteiger partial charge in [-0.25, -0.2) is 0 Å². The molecule has 0 saturated carbocycles. The third-order valence-electron chi connectivity index (χ3n) is 3.54. The smallest absolute Gasteiger partial charge is 0.325 e. The van der Waals surface area contributed by atoms with Gasteiger partial charge in [0.2, 0.25) is 0 Å². The molecule has 0 aromatic heterocycles. The number of thioether (sulfide) groups is 1. The molecule has 0 bridgehead atoms. The number of esters is 1. The molecule has 0 spiro atoms. The van der Waals surface area contributed by atoms with Gasteiger partial charge in [0, 0.05) is 10.5 Å². The molecule has 150 valence electrons. The summed E-state index contributed by atoms with van der Waals surface area (Å²) < 4.78 is 9.92. The number of rotatable bonds is 9. The van der Waals surface area contributed by atoms with Crippen molar-refractivity contribution >= 4 is 35.2 Å². The van der Waals surface area contributed by atoms with Gasteiger partial charge in [-0.05, 0) is 30.3 Å². The number of para-hydroxylation sites is 1. The second kappa shape index (κ2) is 11.4. The zero-order valence-electron chi connectivity index (χ0n) is 15.6. The molecule has 0 radical (unpaired) electrons. The van der Waals surface area contributed by atoms with Gasteiger partial charge in [-0.1, -0.05) is 18.2 Å². The Hall–Kier alpha value is -3.51. The molecular weight excluding hydrogens is 394 g/mol. The van der Waals surface area contributed by atoms with Crippen LogP contribution in [0, 0.1) is 11.3 Å². The zero-order chi connectivity index (χ0) is 21.1. The quantitative estimate of drug-likeness (QED) is 0.478. The standard InChI is InChI=1S/C20H19N3O5S/c1-27-15-6-4-5-14(11-15)20(26)22-12-19(25)28-13-18(24)23-16-7-2-3-8-17(16)29-10-9-21/h2-8,11H,10,12-13H2,1H3,(H,22,26)(H,23,24). The lowest BCUT2D eigenvalue weighted by atomic mass is 10.2. The van der Waals surface area contributed by atoms with Crippen molar-refractivity contribution in [1.82, 2.24) is 5.32 Å². The van der Waals surface area contributed by atoms with Crippen molar-refractivity contribution in [3.8, 4) is 11.8 Å². The summed E-state index contributed by atoms with van der Waals surface area (Å²) in [6, 6.07) is 15.5. The summed E-state index contributed by atoms with van der Waals surface area (Å²) in [6.45, 7) is -0.872. The highest BCUT2D eigenvalue weighted by Crippen LogP contribution is 2.26. The summed E-state index contributed by atoms with van der Waals surface area (Å²) >= 11 is 1.29. The zero-order valence-corrected chi connectivity index (χ0v) is 16.5. The minimum Gasteiger partial charge on any atom is -0.497 e. The maximum atomic E-state index is 12.0. The van der Waals surface area contributed by atoms with E-state index in [-0.39, 0.29) is 12.3 Å². The van der Waals surface area contributed by atoms with Crippen molar-refractivity contribution in [2.24, 2.45) is 0 Å². The molecule has 0 heterocycles. The molecule has 9 heteroatoms. The Morgan fingerprint density at radius 1 is 1.14 bits per heavy atom. The van der Waals surface area contributed by atoms with Crippen LogP contribution in [0.2, 0.25) is 0 Å². The minimum absolute atomic E-state index is 0.245. The maximum absolute atomic E-state index is 12.0. The normalized spacial score (nSPS) is 9.79. The number of nitrogens with one attached hydrogen (secondary N) is 2. The van der Waals surface area contributed by atoms with Crippen molar-refractivity contribution in [3.05, 3.63) is 54.1 Å². The largest absolute Gasteiger partial charge is 0.497 e. The second-order valence-corrected chi connectivity index (χ2v) is 6.58. The van der Waals surface area contributed by atoms with Gasteiger partial charge in [-0.3, -0.25) is 14.4 Å². The van der Waals surface area contributed by atoms with Crippen LogP contribution in [0.4, 0.5) is 5.69 Å². The van der Waals surface area contributed by atoms with E-state index in [1.165, 1.54) is 24.9 Å². The first-order valence-electron chi connectivity index (χ1n) is 8.50. The highest BCUT2D eigenvalue weighted by molar-refractivity contribution is 7.99. The van der Waals surface area contributed by atoms with E-state index in [0.717, 1.165) is 4.90 Å². The highest BCUT2D eigenvalue weighted by Gasteiger charge is 2.12. The van der Waals surface area contributed by atoms with Crippen LogP contribution in [-0.2, 0) is 14.3 Å². The Kier molecular flexibility index (Phi) is 8.53. The second-order valence-electron chi connectivity index (χ2n) is 5.57. The van der Waals surface area contributed by atoms with Gasteiger partial charge in [0.15, 0.2) is 6.61 Å². The predicted molar refractivity (Wildman–Crippen MR) is 108 cm³/mol. The van der Waals surface area contributed by atoms with Crippen LogP contribution in [0.5, 0.6) is 5.75 Å². The van der Waals surface area contributed by atoms with E-state index in [4.69, 9.17) is 14.7 Å². The number of anilines is 1. The molecule has 0 aliphatic carbocycles. The summed E-state index contributed by atoms with van der Waals surface area (Å²) in [6.07, 6.45) is 0. The number of methoxy groups -OCH3 is 1. The molecule has 2 aromatic rings. The van der Waals surface area contributed by atoms with Crippen LogP contribution in [0.15, 0.2) is 53.4 Å². The Balaban J connectivity index is 1.78. The lowest BCUT2D eigenvalue weighted by Gasteiger charge is -2.10. The van der Waals surface area contributed by atoms with Crippen molar-refractivity contribution in [2.45, 2.75) is 4.90 Å². The molecule has 0 aliphatic rings. The number of amides is 2. The van der Waals surface area contributed by atoms with Gasteiger partial charge < -0.3 is 20.1 Å². The van der Waals surface area contributed by atoms with Gasteiger partial charge in [-0.15, -0.1) is 11.8 Å². The third kappa shape index (κ3) is 7.20. The molecule has 8 nitrogen and oxygen atoms in total. The van der Waals surface area contributed by atoms with E-state index in [1.807, 2.05) is 6.07 Å². The van der Waals surface area contributed by atoms with Crippen molar-refractivity contribution in [3.63, 3.8) is 0 Å². The van der Waals surface area contributed by atoms with Gasteiger partial charge in [-0.2, -0.15) is 5.26 Å². The molecule has 29 heavy (non-hydrogen) atoms. The molecule has 2 amide bonds. The lowest BCUT2D eigenvalue weighted by molar-refractivity contribution is -0.146. The summed E-state index contributed by atoms with van der Waals surface area (Å²) in [5.41, 5.74) is 0.862. The monoisotopic (exact) mass is 413 g/mol. The van der Waals surface area contributed by atoms with Gasteiger partial charge in [0.25, 0.3) is 11.8 Å². The average Bonchev–Trinajstić information content (AvgIpc) is 2.75. The number of carbonyl (C=O) groups is 3. The first kappa shape index (κ1) is 21.8. The van der Waals surface area contributed by atoms with E-state index in [0.29, 0.717) is 17.0 Å². The number of nitrogens with zero attached hydrogens (tertiary/aromatic N) is 1. The molecule has 2 N–H and O–H groups in total. The van der Waals surface area contributed by atoms with E-state index >= 15 is 0 Å². The topological polar surface area (TPSA) is 118 Å². The van der Waals surface area contributed by atoms with E-state index < -0.39 is 24.4 Å². The van der Waals surface area contributed by atoms with Crippen LogP contribution in [0.3, 0.4) is 0 Å². The van der Waals surface area contributed by atoms with Gasteiger partial charge in [0.1, 0.15) is 12.3 Å². The molecule has 0 atom stereocenters. The number of hydrogen-bond acceptors (Lipinski definition) is 7. The molecule has 0 unspecified atom stereocenters. The summed E-state index contributed by atoms with van der Waals surface area (Å²) in [7, 11) is 1.49. The first-order valence-corrected chi connectivity index (χ1v) is 9.48. The molecule has 2 aromatic carbocycles. The third-order valence-corrected chi connectivity index (χ3v) is 4.48. The molecular formula is C20H19N3O5S. The number of nitriles is 1. The Morgan fingerprint density at radius 3 is 2.69 bits per heavy atom. The van der Waals surface area contributed by atoms with Crippen LogP contribution in [0.1, 0.15) is 10.4 Å². The predicted octanol–water partition coefficient (Wildman–Crippen LogP) is 2.22. The van der Waals surface area contributed by atoms with Crippen LogP contribution >= 0.6 is 11.8 Å². The Labute approximate surface area is 172 Å². The van der Waals surface area contributed by atoms with Crippen LogP contribution in [-0.4, -0.2) is 43.8 Å². The van der Waals surface area contributed by atoms with E-state index in [1.54, 1.807) is 42.5 Å². The van der Waals surface area contributed by atoms with E-state index in [2.05, 4.69) is 10.6 Å². The van der Waals surface area contributed by atoms with E-state index in [9.17, 15) is 14.4 Å². The fourth-order valence-electron chi connectivity index (χ4n) is 2.21. The van der Waals surface area contributed by atoms with Crippen molar-refractivity contribution in [1.29, 1.82) is 5.26 Å². The molecule has 0 saturated heterocycles. The highest BCUT2D eigenvalue weighted by atomic mass is 32.2. The lowest BCUT2D eigenvalue weighted by Crippen LogP contribution is -2.32. The number of carbonyl (C=O) groups excluding carboxylic acids is 3. The molecule has 0 fully saturated rings. The van der Waals surface area contributed by atoms with Gasteiger partial charge >= 0.3 is 5.97 Å². The van der Waals surface area contributed by atoms with Gasteiger partial charge in [0.05, 0.1) is 24.6 Å². The minimum atomic E-state index is -0.747. The summed E-state index contributed by atoms with van der Waals surface area (Å²) in [5.74, 6) is -0.973. The average molecular weight is 413 g/mol. The summed E-state index contributed by atoms with van der Waals surface area (Å²) in [5, 5.41) is 13.7. The summed E-state index contributed by atoms with van der Waals surface area (Å²) in [4.78, 5) is 36.6. The SMILES string of the molecule is COc1cccc(C(=O)NCC(=O)OCC(=O)Nc2ccccc2SCC#N)c1. The first-order chi connectivity index (χ1) is 14.0. The maximum Gasteiger partial charge on any atom is 0.325 e. The fourth-order valence-corrected chi connectivity index (χ4v) is 2.88.